The number of carbonyl (C=O) groups excluding carboxylic acids is 1. The second-order valence-electron chi connectivity index (χ2n) is 2.71. The zero-order valence-corrected chi connectivity index (χ0v) is 9.31. The van der Waals surface area contributed by atoms with Crippen LogP contribution in [-0.2, 0) is 0 Å². The first-order valence-corrected chi connectivity index (χ1v) is 4.82. The lowest BCUT2D eigenvalue weighted by molar-refractivity contribution is 0.0967. The quantitative estimate of drug-likeness (QED) is 0.830. The van der Waals surface area contributed by atoms with E-state index in [1.54, 1.807) is 6.07 Å². The Kier molecular flexibility index (Phi) is 4.29. The highest BCUT2D eigenvalue weighted by molar-refractivity contribution is 6.56. The minimum Gasteiger partial charge on any atom is -0.311 e. The Balaban J connectivity index is 2.90. The van der Waals surface area contributed by atoms with Crippen molar-refractivity contribution in [3.05, 3.63) is 45.8 Å². The molecule has 0 aliphatic heterocycles. The van der Waals surface area contributed by atoms with Gasteiger partial charge in [0.2, 0.25) is 0 Å². The number of nitrogens with one attached hydrogen (secondary N) is 1. The molecule has 1 aromatic rings. The average Bonchev–Trinajstić information content (AvgIpc) is 2.25. The lowest BCUT2D eigenvalue weighted by atomic mass is 10.2. The van der Waals surface area contributed by atoms with Gasteiger partial charge in [-0.05, 0) is 18.2 Å². The second kappa shape index (κ2) is 5.50. The highest BCUT2D eigenvalue weighted by Crippen LogP contribution is 2.12. The normalized spacial score (nSPS) is 9.12. The standard InChI is InChI=1S/C10H5Cl2FN2O/c11-9(12)8(5-14)15-10(16)6-2-1-3-7(13)4-6/h1-4H,(H,15,16). The predicted octanol–water partition coefficient (Wildman–Crippen LogP) is 2.73. The molecule has 1 N–H and O–H groups in total. The zero-order valence-electron chi connectivity index (χ0n) is 7.80. The minimum atomic E-state index is -0.658. The van der Waals surface area contributed by atoms with E-state index in [0.717, 1.165) is 6.07 Å². The number of rotatable bonds is 2. The number of allylic oxidation sites excluding steroid dienone is 1. The number of nitrogens with zero attached hydrogens (tertiary/aromatic N) is 1. The summed E-state index contributed by atoms with van der Waals surface area (Å²) in [5.74, 6) is -1.21. The molecule has 6 heteroatoms. The molecule has 0 radical (unpaired) electrons. The molecular formula is C10H5Cl2FN2O. The fourth-order valence-electron chi connectivity index (χ4n) is 0.933. The molecule has 0 spiro atoms. The van der Waals surface area contributed by atoms with Gasteiger partial charge >= 0.3 is 0 Å². The van der Waals surface area contributed by atoms with E-state index in [1.165, 1.54) is 18.2 Å². The smallest absolute Gasteiger partial charge is 0.256 e. The van der Waals surface area contributed by atoms with Crippen LogP contribution in [0.2, 0.25) is 0 Å². The number of benzene rings is 1. The molecule has 0 aliphatic rings. The number of nitriles is 1. The van der Waals surface area contributed by atoms with Crippen LogP contribution in [0, 0.1) is 17.1 Å². The van der Waals surface area contributed by atoms with Crippen LogP contribution in [0.1, 0.15) is 10.4 Å². The van der Waals surface area contributed by atoms with Gasteiger partial charge in [0.25, 0.3) is 5.91 Å². The Labute approximate surface area is 101 Å². The third kappa shape index (κ3) is 3.23. The van der Waals surface area contributed by atoms with E-state index in [9.17, 15) is 9.18 Å². The molecule has 3 nitrogen and oxygen atoms in total. The van der Waals surface area contributed by atoms with Gasteiger partial charge < -0.3 is 5.32 Å². The summed E-state index contributed by atoms with van der Waals surface area (Å²) in [6.45, 7) is 0. The van der Waals surface area contributed by atoms with E-state index >= 15 is 0 Å². The summed E-state index contributed by atoms with van der Waals surface area (Å²) in [6.07, 6.45) is 0. The molecule has 0 bridgehead atoms. The van der Waals surface area contributed by atoms with Crippen LogP contribution >= 0.6 is 23.2 Å². The lowest BCUT2D eigenvalue weighted by Gasteiger charge is -2.03. The first-order chi connectivity index (χ1) is 7.54. The van der Waals surface area contributed by atoms with E-state index in [1.807, 2.05) is 0 Å². The van der Waals surface area contributed by atoms with Crippen LogP contribution in [0.15, 0.2) is 34.5 Å². The first kappa shape index (κ1) is 12.5. The third-order valence-corrected chi connectivity index (χ3v) is 2.00. The van der Waals surface area contributed by atoms with Crippen molar-refractivity contribution in [1.82, 2.24) is 5.32 Å². The molecule has 0 unspecified atom stereocenters. The molecule has 1 rings (SSSR count). The topological polar surface area (TPSA) is 52.9 Å². The SMILES string of the molecule is N#CC(NC(=O)c1cccc(F)c1)=C(Cl)Cl. The van der Waals surface area contributed by atoms with Crippen LogP contribution in [0.4, 0.5) is 4.39 Å². The van der Waals surface area contributed by atoms with Crippen LogP contribution in [-0.4, -0.2) is 5.91 Å². The number of carbonyl (C=O) groups is 1. The van der Waals surface area contributed by atoms with Crippen molar-refractivity contribution in [1.29, 1.82) is 5.26 Å². The summed E-state index contributed by atoms with van der Waals surface area (Å²) in [7, 11) is 0. The van der Waals surface area contributed by atoms with Gasteiger partial charge in [-0.3, -0.25) is 4.79 Å². The maximum absolute atomic E-state index is 12.8. The number of halogens is 3. The zero-order chi connectivity index (χ0) is 12.1. The Bertz CT molecular complexity index is 490. The fourth-order valence-corrected chi connectivity index (χ4v) is 1.11. The Morgan fingerprint density at radius 2 is 2.12 bits per heavy atom. The van der Waals surface area contributed by atoms with E-state index in [-0.39, 0.29) is 15.8 Å². The summed E-state index contributed by atoms with van der Waals surface area (Å²) < 4.78 is 12.4. The summed E-state index contributed by atoms with van der Waals surface area (Å²) >= 11 is 10.7. The molecule has 0 aliphatic carbocycles. The van der Waals surface area contributed by atoms with Crippen molar-refractivity contribution >= 4 is 29.1 Å². The van der Waals surface area contributed by atoms with Crippen molar-refractivity contribution in [2.45, 2.75) is 0 Å². The maximum Gasteiger partial charge on any atom is 0.256 e. The molecule has 0 aromatic heterocycles. The molecule has 0 saturated heterocycles. The highest BCUT2D eigenvalue weighted by Gasteiger charge is 2.10. The van der Waals surface area contributed by atoms with Gasteiger partial charge in [0, 0.05) is 5.56 Å². The Morgan fingerprint density at radius 1 is 1.44 bits per heavy atom. The van der Waals surface area contributed by atoms with Gasteiger partial charge in [-0.15, -0.1) is 0 Å². The van der Waals surface area contributed by atoms with Gasteiger partial charge in [-0.25, -0.2) is 4.39 Å². The monoisotopic (exact) mass is 258 g/mol. The molecule has 16 heavy (non-hydrogen) atoms. The van der Waals surface area contributed by atoms with E-state index in [4.69, 9.17) is 28.5 Å². The fraction of sp³-hybridized carbons (Fsp3) is 0. The largest absolute Gasteiger partial charge is 0.311 e. The average molecular weight is 259 g/mol. The summed E-state index contributed by atoms with van der Waals surface area (Å²) in [6, 6.07) is 6.62. The van der Waals surface area contributed by atoms with Gasteiger partial charge in [-0.1, -0.05) is 29.3 Å². The maximum atomic E-state index is 12.8. The molecule has 1 amide bonds. The molecule has 0 saturated carbocycles. The Morgan fingerprint density at radius 3 is 2.62 bits per heavy atom. The molecule has 0 atom stereocenters. The Hall–Kier alpha value is -1.57. The van der Waals surface area contributed by atoms with E-state index < -0.39 is 11.7 Å². The first-order valence-electron chi connectivity index (χ1n) is 4.07. The van der Waals surface area contributed by atoms with E-state index in [2.05, 4.69) is 5.32 Å². The molecule has 0 heterocycles. The molecule has 0 fully saturated rings. The second-order valence-corrected chi connectivity index (χ2v) is 3.66. The van der Waals surface area contributed by atoms with Gasteiger partial charge in [0.1, 0.15) is 16.4 Å². The van der Waals surface area contributed by atoms with Gasteiger partial charge in [0.15, 0.2) is 5.70 Å². The minimum absolute atomic E-state index is 0.0716. The van der Waals surface area contributed by atoms with E-state index in [0.29, 0.717) is 0 Å². The number of amides is 1. The highest BCUT2D eigenvalue weighted by atomic mass is 35.5. The third-order valence-electron chi connectivity index (χ3n) is 1.63. The van der Waals surface area contributed by atoms with Crippen molar-refractivity contribution in [3.63, 3.8) is 0 Å². The van der Waals surface area contributed by atoms with Crippen molar-refractivity contribution in [2.75, 3.05) is 0 Å². The van der Waals surface area contributed by atoms with Gasteiger partial charge in [-0.2, -0.15) is 5.26 Å². The van der Waals surface area contributed by atoms with Crippen LogP contribution in [0.3, 0.4) is 0 Å². The molecule has 1 aromatic carbocycles. The van der Waals surface area contributed by atoms with Crippen LogP contribution in [0.25, 0.3) is 0 Å². The van der Waals surface area contributed by atoms with Crippen molar-refractivity contribution in [3.8, 4) is 6.07 Å². The van der Waals surface area contributed by atoms with Gasteiger partial charge in [0.05, 0.1) is 0 Å². The summed E-state index contributed by atoms with van der Waals surface area (Å²) in [5.41, 5.74) is -0.208. The van der Waals surface area contributed by atoms with Crippen LogP contribution in [0.5, 0.6) is 0 Å². The van der Waals surface area contributed by atoms with Crippen LogP contribution < -0.4 is 5.32 Å². The predicted molar refractivity (Wildman–Crippen MR) is 58.2 cm³/mol. The molecular weight excluding hydrogens is 254 g/mol. The summed E-state index contributed by atoms with van der Waals surface area (Å²) in [4.78, 5) is 11.5. The summed E-state index contributed by atoms with van der Waals surface area (Å²) in [5, 5.41) is 10.7. The van der Waals surface area contributed by atoms with Crippen molar-refractivity contribution < 1.29 is 9.18 Å². The number of hydrogen-bond acceptors (Lipinski definition) is 2. The number of hydrogen-bond donors (Lipinski definition) is 1. The lowest BCUT2D eigenvalue weighted by Crippen LogP contribution is -2.22. The van der Waals surface area contributed by atoms with Crippen molar-refractivity contribution in [2.24, 2.45) is 0 Å². The molecule has 82 valence electrons.